The molecule has 4 N–H and O–H groups in total. The molecule has 23 heavy (non-hydrogen) atoms. The summed E-state index contributed by atoms with van der Waals surface area (Å²) in [5, 5.41) is 10.9. The van der Waals surface area contributed by atoms with Gasteiger partial charge in [-0.1, -0.05) is 30.3 Å². The van der Waals surface area contributed by atoms with Crippen LogP contribution < -0.4 is 10.6 Å². The van der Waals surface area contributed by atoms with E-state index in [0.717, 1.165) is 16.9 Å². The summed E-state index contributed by atoms with van der Waals surface area (Å²) in [6.07, 6.45) is 2.86. The Balaban J connectivity index is 1.61. The van der Waals surface area contributed by atoms with Crippen molar-refractivity contribution >= 4 is 22.9 Å². The van der Waals surface area contributed by atoms with E-state index in [-0.39, 0.29) is 5.95 Å². The van der Waals surface area contributed by atoms with E-state index < -0.39 is 5.60 Å². The standard InChI is InChI=1S/C16H18N6O/c17-15-20-13-12(18-10-19-13)14(21-15)22-8-6-16(23,7-9-22)11-4-2-1-3-5-11/h1-5,10,23H,6-9H2,(H3,17,18,19,20,21). The van der Waals surface area contributed by atoms with Crippen molar-refractivity contribution in [3.05, 3.63) is 42.2 Å². The lowest BCUT2D eigenvalue weighted by atomic mass is 9.84. The molecule has 2 aromatic heterocycles. The number of benzene rings is 1. The van der Waals surface area contributed by atoms with Gasteiger partial charge in [-0.25, -0.2) is 4.98 Å². The van der Waals surface area contributed by atoms with Crippen LogP contribution in [0.3, 0.4) is 0 Å². The number of imidazole rings is 1. The van der Waals surface area contributed by atoms with Crippen LogP contribution in [0.15, 0.2) is 36.7 Å². The maximum atomic E-state index is 10.9. The number of nitrogen functional groups attached to an aromatic ring is 1. The Labute approximate surface area is 133 Å². The van der Waals surface area contributed by atoms with Crippen molar-refractivity contribution in [1.82, 2.24) is 19.9 Å². The second-order valence-electron chi connectivity index (χ2n) is 5.89. The number of aliphatic hydroxyl groups is 1. The van der Waals surface area contributed by atoms with Crippen LogP contribution in [-0.4, -0.2) is 38.1 Å². The lowest BCUT2D eigenvalue weighted by Crippen LogP contribution is -2.43. The first-order chi connectivity index (χ1) is 11.2. The Morgan fingerprint density at radius 1 is 1.13 bits per heavy atom. The fraction of sp³-hybridized carbons (Fsp3) is 0.312. The number of nitrogens with zero attached hydrogens (tertiary/aromatic N) is 4. The fourth-order valence-corrected chi connectivity index (χ4v) is 3.19. The van der Waals surface area contributed by atoms with Crippen LogP contribution >= 0.6 is 0 Å². The van der Waals surface area contributed by atoms with Crippen LogP contribution in [0.5, 0.6) is 0 Å². The predicted octanol–water partition coefficient (Wildman–Crippen LogP) is 1.42. The molecule has 1 fully saturated rings. The van der Waals surface area contributed by atoms with E-state index in [9.17, 15) is 5.11 Å². The highest BCUT2D eigenvalue weighted by Gasteiger charge is 2.34. The van der Waals surface area contributed by atoms with Crippen molar-refractivity contribution in [1.29, 1.82) is 0 Å². The van der Waals surface area contributed by atoms with Gasteiger partial charge < -0.3 is 20.7 Å². The SMILES string of the molecule is Nc1nc(N2CCC(O)(c3ccccc3)CC2)c2[nH]cnc2n1. The second kappa shape index (κ2) is 5.20. The molecule has 4 rings (SSSR count). The molecule has 0 radical (unpaired) electrons. The summed E-state index contributed by atoms with van der Waals surface area (Å²) >= 11 is 0. The minimum absolute atomic E-state index is 0.212. The molecule has 3 heterocycles. The smallest absolute Gasteiger partial charge is 0.224 e. The van der Waals surface area contributed by atoms with E-state index >= 15 is 0 Å². The van der Waals surface area contributed by atoms with Crippen LogP contribution in [0.4, 0.5) is 11.8 Å². The lowest BCUT2D eigenvalue weighted by molar-refractivity contribution is 0.0117. The summed E-state index contributed by atoms with van der Waals surface area (Å²) < 4.78 is 0. The molecule has 0 aliphatic carbocycles. The van der Waals surface area contributed by atoms with E-state index in [4.69, 9.17) is 5.73 Å². The van der Waals surface area contributed by atoms with Gasteiger partial charge in [0.05, 0.1) is 11.9 Å². The zero-order valence-electron chi connectivity index (χ0n) is 12.6. The predicted molar refractivity (Wildman–Crippen MR) is 87.9 cm³/mol. The van der Waals surface area contributed by atoms with E-state index in [2.05, 4.69) is 24.8 Å². The maximum Gasteiger partial charge on any atom is 0.224 e. The largest absolute Gasteiger partial charge is 0.385 e. The summed E-state index contributed by atoms with van der Waals surface area (Å²) in [6.45, 7) is 1.38. The number of aromatic amines is 1. The van der Waals surface area contributed by atoms with Gasteiger partial charge in [-0.3, -0.25) is 0 Å². The Hall–Kier alpha value is -2.67. The van der Waals surface area contributed by atoms with Gasteiger partial charge in [0.15, 0.2) is 11.5 Å². The number of nitrogens with two attached hydrogens (primary N) is 1. The number of hydrogen-bond acceptors (Lipinski definition) is 6. The number of hydrogen-bond donors (Lipinski definition) is 3. The van der Waals surface area contributed by atoms with Gasteiger partial charge in [0.2, 0.25) is 5.95 Å². The summed E-state index contributed by atoms with van der Waals surface area (Å²) in [7, 11) is 0. The number of rotatable bonds is 2. The summed E-state index contributed by atoms with van der Waals surface area (Å²) in [6, 6.07) is 9.83. The third kappa shape index (κ3) is 2.39. The van der Waals surface area contributed by atoms with Crippen molar-refractivity contribution in [2.24, 2.45) is 0 Å². The molecule has 0 amide bonds. The van der Waals surface area contributed by atoms with Gasteiger partial charge in [-0.05, 0) is 18.4 Å². The Bertz CT molecular complexity index is 823. The van der Waals surface area contributed by atoms with Crippen molar-refractivity contribution in [3.8, 4) is 0 Å². The maximum absolute atomic E-state index is 10.9. The summed E-state index contributed by atoms with van der Waals surface area (Å²) in [5.41, 5.74) is 7.31. The molecule has 0 saturated carbocycles. The monoisotopic (exact) mass is 310 g/mol. The molecule has 0 spiro atoms. The Morgan fingerprint density at radius 3 is 2.61 bits per heavy atom. The molecule has 3 aromatic rings. The van der Waals surface area contributed by atoms with Gasteiger partial charge in [-0.15, -0.1) is 0 Å². The molecule has 7 heteroatoms. The molecule has 0 unspecified atom stereocenters. The minimum Gasteiger partial charge on any atom is -0.385 e. The van der Waals surface area contributed by atoms with Crippen LogP contribution in [0.2, 0.25) is 0 Å². The van der Waals surface area contributed by atoms with E-state index in [1.54, 1.807) is 6.33 Å². The topological polar surface area (TPSA) is 104 Å². The average Bonchev–Trinajstić information content (AvgIpc) is 3.04. The van der Waals surface area contributed by atoms with Gasteiger partial charge in [0, 0.05) is 13.1 Å². The molecular weight excluding hydrogens is 292 g/mol. The van der Waals surface area contributed by atoms with E-state index in [1.165, 1.54) is 0 Å². The number of piperidine rings is 1. The fourth-order valence-electron chi connectivity index (χ4n) is 3.19. The number of anilines is 2. The molecule has 0 atom stereocenters. The van der Waals surface area contributed by atoms with Crippen molar-refractivity contribution < 1.29 is 5.11 Å². The van der Waals surface area contributed by atoms with Crippen LogP contribution in [-0.2, 0) is 5.60 Å². The molecule has 1 aliphatic rings. The van der Waals surface area contributed by atoms with Crippen molar-refractivity contribution in [3.63, 3.8) is 0 Å². The molecule has 1 aromatic carbocycles. The average molecular weight is 310 g/mol. The Kier molecular flexibility index (Phi) is 3.16. The van der Waals surface area contributed by atoms with Gasteiger partial charge >= 0.3 is 0 Å². The first-order valence-corrected chi connectivity index (χ1v) is 7.65. The van der Waals surface area contributed by atoms with Crippen LogP contribution in [0, 0.1) is 0 Å². The zero-order chi connectivity index (χ0) is 15.9. The quantitative estimate of drug-likeness (QED) is 0.661. The normalized spacial score (nSPS) is 17.5. The molecule has 1 aliphatic heterocycles. The number of nitrogens with one attached hydrogen (secondary N) is 1. The Morgan fingerprint density at radius 2 is 1.87 bits per heavy atom. The first kappa shape index (κ1) is 14.0. The van der Waals surface area contributed by atoms with Gasteiger partial charge in [0.1, 0.15) is 5.52 Å². The van der Waals surface area contributed by atoms with Crippen molar-refractivity contribution in [2.45, 2.75) is 18.4 Å². The second-order valence-corrected chi connectivity index (χ2v) is 5.89. The summed E-state index contributed by atoms with van der Waals surface area (Å²) in [4.78, 5) is 17.8. The number of H-pyrrole nitrogens is 1. The van der Waals surface area contributed by atoms with Gasteiger partial charge in [0.25, 0.3) is 0 Å². The summed E-state index contributed by atoms with van der Waals surface area (Å²) in [5.74, 6) is 0.962. The highest BCUT2D eigenvalue weighted by atomic mass is 16.3. The highest BCUT2D eigenvalue weighted by molar-refractivity contribution is 5.84. The van der Waals surface area contributed by atoms with Gasteiger partial charge in [-0.2, -0.15) is 9.97 Å². The highest BCUT2D eigenvalue weighted by Crippen LogP contribution is 2.35. The molecule has 118 valence electrons. The molecule has 1 saturated heterocycles. The number of aromatic nitrogens is 4. The first-order valence-electron chi connectivity index (χ1n) is 7.65. The lowest BCUT2D eigenvalue weighted by Gasteiger charge is -2.39. The van der Waals surface area contributed by atoms with E-state index in [0.29, 0.717) is 31.6 Å². The third-order valence-electron chi connectivity index (χ3n) is 4.49. The molecule has 0 bridgehead atoms. The van der Waals surface area contributed by atoms with Crippen molar-refractivity contribution in [2.75, 3.05) is 23.7 Å². The zero-order valence-corrected chi connectivity index (χ0v) is 12.6. The molecule has 7 nitrogen and oxygen atoms in total. The third-order valence-corrected chi connectivity index (χ3v) is 4.49. The van der Waals surface area contributed by atoms with Crippen LogP contribution in [0.25, 0.3) is 11.2 Å². The van der Waals surface area contributed by atoms with Crippen LogP contribution in [0.1, 0.15) is 18.4 Å². The van der Waals surface area contributed by atoms with E-state index in [1.807, 2.05) is 30.3 Å². The number of fused-ring (bicyclic) bond motifs is 1. The molecular formula is C16H18N6O. The minimum atomic E-state index is -0.788.